The van der Waals surface area contributed by atoms with Gasteiger partial charge in [-0.05, 0) is 17.7 Å². The second kappa shape index (κ2) is 6.54. The predicted molar refractivity (Wildman–Crippen MR) is 61.3 cm³/mol. The fraction of sp³-hybridized carbons (Fsp3) is 0.400. The average molecular weight is 310 g/mol. The molecule has 0 saturated heterocycles. The number of benzene rings is 1. The van der Waals surface area contributed by atoms with E-state index in [1.807, 2.05) is 0 Å². The van der Waals surface area contributed by atoms with Gasteiger partial charge >= 0.3 is 6.18 Å². The van der Waals surface area contributed by atoms with E-state index in [2.05, 4.69) is 0 Å². The van der Waals surface area contributed by atoms with Crippen LogP contribution in [0.3, 0.4) is 0 Å². The maximum absolute atomic E-state index is 12.5. The SMILES string of the molecule is Cl.N[C@@H](CC(F)F)c1ccc(Cl)c(C(F)(F)F)c1. The Balaban J connectivity index is 0.00000289. The highest BCUT2D eigenvalue weighted by molar-refractivity contribution is 6.31. The van der Waals surface area contributed by atoms with Crippen molar-refractivity contribution >= 4 is 24.0 Å². The van der Waals surface area contributed by atoms with Crippen molar-refractivity contribution < 1.29 is 22.0 Å². The maximum atomic E-state index is 12.5. The lowest BCUT2D eigenvalue weighted by molar-refractivity contribution is -0.137. The van der Waals surface area contributed by atoms with Gasteiger partial charge < -0.3 is 5.73 Å². The number of rotatable bonds is 3. The maximum Gasteiger partial charge on any atom is 0.417 e. The van der Waals surface area contributed by atoms with Crippen molar-refractivity contribution in [3.8, 4) is 0 Å². The minimum absolute atomic E-state index is 0. The molecule has 1 nitrogen and oxygen atoms in total. The van der Waals surface area contributed by atoms with Crippen LogP contribution in [0.1, 0.15) is 23.6 Å². The quantitative estimate of drug-likeness (QED) is 0.821. The van der Waals surface area contributed by atoms with E-state index in [-0.39, 0.29) is 18.0 Å². The van der Waals surface area contributed by atoms with Crippen LogP contribution in [0.2, 0.25) is 5.02 Å². The highest BCUT2D eigenvalue weighted by Gasteiger charge is 2.33. The summed E-state index contributed by atoms with van der Waals surface area (Å²) in [7, 11) is 0. The van der Waals surface area contributed by atoms with Crippen LogP contribution >= 0.6 is 24.0 Å². The largest absolute Gasteiger partial charge is 0.417 e. The van der Waals surface area contributed by atoms with Crippen LogP contribution in [0.15, 0.2) is 18.2 Å². The first kappa shape index (κ1) is 17.4. The number of hydrogen-bond acceptors (Lipinski definition) is 1. The van der Waals surface area contributed by atoms with E-state index in [0.29, 0.717) is 6.07 Å². The van der Waals surface area contributed by atoms with E-state index in [1.165, 1.54) is 6.07 Å². The molecule has 0 spiro atoms. The Morgan fingerprint density at radius 2 is 1.78 bits per heavy atom. The fourth-order valence-electron chi connectivity index (χ4n) is 1.32. The van der Waals surface area contributed by atoms with Crippen molar-refractivity contribution in [3.05, 3.63) is 34.3 Å². The predicted octanol–water partition coefficient (Wildman–Crippen LogP) is 4.44. The van der Waals surface area contributed by atoms with Gasteiger partial charge in [-0.25, -0.2) is 8.78 Å². The molecule has 0 fully saturated rings. The van der Waals surface area contributed by atoms with E-state index < -0.39 is 35.7 Å². The normalized spacial score (nSPS) is 13.3. The first-order valence-corrected chi connectivity index (χ1v) is 5.00. The van der Waals surface area contributed by atoms with Crippen LogP contribution in [-0.4, -0.2) is 6.43 Å². The van der Waals surface area contributed by atoms with Gasteiger partial charge in [0.1, 0.15) is 0 Å². The molecule has 0 radical (unpaired) electrons. The minimum atomic E-state index is -4.63. The molecule has 0 aliphatic rings. The molecule has 0 saturated carbocycles. The van der Waals surface area contributed by atoms with E-state index in [9.17, 15) is 22.0 Å². The van der Waals surface area contributed by atoms with Crippen molar-refractivity contribution in [2.45, 2.75) is 25.1 Å². The summed E-state index contributed by atoms with van der Waals surface area (Å²) in [6.45, 7) is 0. The lowest BCUT2D eigenvalue weighted by atomic mass is 10.0. The van der Waals surface area contributed by atoms with Crippen molar-refractivity contribution in [3.63, 3.8) is 0 Å². The Hall–Kier alpha value is -0.590. The van der Waals surface area contributed by atoms with Crippen molar-refractivity contribution in [1.29, 1.82) is 0 Å². The van der Waals surface area contributed by atoms with Gasteiger partial charge in [0.15, 0.2) is 0 Å². The first-order valence-electron chi connectivity index (χ1n) is 4.62. The zero-order chi connectivity index (χ0) is 13.2. The lowest BCUT2D eigenvalue weighted by Gasteiger charge is -2.15. The third-order valence-corrected chi connectivity index (χ3v) is 2.49. The molecular weight excluding hydrogens is 300 g/mol. The molecule has 1 aromatic rings. The molecule has 8 heteroatoms. The van der Waals surface area contributed by atoms with Crippen molar-refractivity contribution in [2.24, 2.45) is 5.73 Å². The summed E-state index contributed by atoms with van der Waals surface area (Å²) >= 11 is 5.38. The first-order chi connectivity index (χ1) is 7.71. The molecule has 1 aromatic carbocycles. The summed E-state index contributed by atoms with van der Waals surface area (Å²) < 4.78 is 61.6. The summed E-state index contributed by atoms with van der Waals surface area (Å²) in [5, 5.41) is -0.481. The molecule has 104 valence electrons. The van der Waals surface area contributed by atoms with Gasteiger partial charge in [0, 0.05) is 12.5 Å². The van der Waals surface area contributed by atoms with E-state index >= 15 is 0 Å². The molecule has 18 heavy (non-hydrogen) atoms. The number of alkyl halides is 5. The highest BCUT2D eigenvalue weighted by atomic mass is 35.5. The molecule has 1 atom stereocenters. The monoisotopic (exact) mass is 309 g/mol. The molecule has 2 N–H and O–H groups in total. The molecular formula is C10H10Cl2F5N. The standard InChI is InChI=1S/C10H9ClF5N.ClH/c11-7-2-1-5(8(17)4-9(12)13)3-6(7)10(14,15)16;/h1-3,8-9H,4,17H2;1H/t8-;/m0./s1. The zero-order valence-electron chi connectivity index (χ0n) is 8.85. The van der Waals surface area contributed by atoms with Crippen molar-refractivity contribution in [2.75, 3.05) is 0 Å². The van der Waals surface area contributed by atoms with Gasteiger partial charge in [-0.3, -0.25) is 0 Å². The van der Waals surface area contributed by atoms with Gasteiger partial charge in [-0.2, -0.15) is 13.2 Å². The Bertz CT molecular complexity index is 394. The van der Waals surface area contributed by atoms with Gasteiger partial charge in [0.2, 0.25) is 6.43 Å². The molecule has 0 aliphatic heterocycles. The smallest absolute Gasteiger partial charge is 0.324 e. The summed E-state index contributed by atoms with van der Waals surface area (Å²) in [5.74, 6) is 0. The van der Waals surface area contributed by atoms with Crippen LogP contribution in [0.4, 0.5) is 22.0 Å². The Kier molecular flexibility index (Phi) is 6.33. The van der Waals surface area contributed by atoms with Crippen LogP contribution in [0.25, 0.3) is 0 Å². The lowest BCUT2D eigenvalue weighted by Crippen LogP contribution is -2.15. The highest BCUT2D eigenvalue weighted by Crippen LogP contribution is 2.36. The molecule has 1 rings (SSSR count). The van der Waals surface area contributed by atoms with Gasteiger partial charge in [-0.15, -0.1) is 12.4 Å². The second-order valence-corrected chi connectivity index (χ2v) is 3.88. The van der Waals surface area contributed by atoms with Gasteiger partial charge in [0.05, 0.1) is 10.6 Å². The number of hydrogen-bond donors (Lipinski definition) is 1. The van der Waals surface area contributed by atoms with Crippen LogP contribution in [0, 0.1) is 0 Å². The van der Waals surface area contributed by atoms with Crippen LogP contribution in [0.5, 0.6) is 0 Å². The Labute approximate surface area is 112 Å². The second-order valence-electron chi connectivity index (χ2n) is 3.47. The Morgan fingerprint density at radius 3 is 2.22 bits per heavy atom. The fourth-order valence-corrected chi connectivity index (χ4v) is 1.54. The van der Waals surface area contributed by atoms with E-state index in [0.717, 1.165) is 6.07 Å². The van der Waals surface area contributed by atoms with Crippen LogP contribution < -0.4 is 5.73 Å². The number of nitrogens with two attached hydrogens (primary N) is 1. The van der Waals surface area contributed by atoms with Gasteiger partial charge in [-0.1, -0.05) is 17.7 Å². The molecule has 0 bridgehead atoms. The molecule has 0 heterocycles. The summed E-state index contributed by atoms with van der Waals surface area (Å²) in [6, 6.07) is 1.78. The van der Waals surface area contributed by atoms with Crippen LogP contribution in [-0.2, 0) is 6.18 Å². The minimum Gasteiger partial charge on any atom is -0.324 e. The molecule has 0 amide bonds. The third kappa shape index (κ3) is 4.59. The number of halogens is 7. The van der Waals surface area contributed by atoms with E-state index in [4.69, 9.17) is 17.3 Å². The zero-order valence-corrected chi connectivity index (χ0v) is 10.4. The summed E-state index contributed by atoms with van der Waals surface area (Å²) in [5.41, 5.74) is 4.29. The molecule has 0 aromatic heterocycles. The summed E-state index contributed by atoms with van der Waals surface area (Å²) in [6.07, 6.45) is -7.99. The van der Waals surface area contributed by atoms with Crippen molar-refractivity contribution in [1.82, 2.24) is 0 Å². The molecule has 0 aliphatic carbocycles. The van der Waals surface area contributed by atoms with E-state index in [1.54, 1.807) is 0 Å². The van der Waals surface area contributed by atoms with Gasteiger partial charge in [0.25, 0.3) is 0 Å². The molecule has 0 unspecified atom stereocenters. The average Bonchev–Trinajstić information content (AvgIpc) is 2.15. The topological polar surface area (TPSA) is 26.0 Å². The Morgan fingerprint density at radius 1 is 1.22 bits per heavy atom. The third-order valence-electron chi connectivity index (χ3n) is 2.16. The summed E-state index contributed by atoms with van der Waals surface area (Å²) in [4.78, 5) is 0.